The fourth-order valence-electron chi connectivity index (χ4n) is 4.31. The number of hydrogen-bond acceptors (Lipinski definition) is 4. The smallest absolute Gasteiger partial charge is 0.243 e. The van der Waals surface area contributed by atoms with Crippen LogP contribution in [0, 0.1) is 5.41 Å². The predicted octanol–water partition coefficient (Wildman–Crippen LogP) is 2.28. The molecule has 7 heteroatoms. The second kappa shape index (κ2) is 10.1. The molecule has 2 aromatic carbocycles. The van der Waals surface area contributed by atoms with E-state index in [9.17, 15) is 14.4 Å². The maximum atomic E-state index is 13.1. The fraction of sp³-hybridized carbons (Fsp3) is 0.480. The van der Waals surface area contributed by atoms with Gasteiger partial charge >= 0.3 is 0 Å². The third-order valence-electron chi connectivity index (χ3n) is 5.94. The van der Waals surface area contributed by atoms with E-state index in [0.717, 1.165) is 22.8 Å². The molecule has 7 nitrogen and oxygen atoms in total. The van der Waals surface area contributed by atoms with Crippen molar-refractivity contribution < 1.29 is 14.4 Å². The normalized spacial score (nSPS) is 17.2. The summed E-state index contributed by atoms with van der Waals surface area (Å²) in [5.74, 6) is -0.274. The van der Waals surface area contributed by atoms with Crippen LogP contribution >= 0.6 is 0 Å². The lowest BCUT2D eigenvalue weighted by atomic mass is 9.94. The monoisotopic (exact) mass is 438 g/mol. The Morgan fingerprint density at radius 1 is 1.22 bits per heavy atom. The molecular weight excluding hydrogens is 404 g/mol. The molecule has 172 valence electrons. The number of likely N-dealkylation sites (tertiary alicyclic amines) is 1. The molecule has 0 aliphatic carbocycles. The van der Waals surface area contributed by atoms with Crippen molar-refractivity contribution in [2.45, 2.75) is 52.2 Å². The molecule has 3 amide bonds. The number of nitrogens with zero attached hydrogens (tertiary/aromatic N) is 2. The lowest BCUT2D eigenvalue weighted by Crippen LogP contribution is -2.57. The predicted molar refractivity (Wildman–Crippen MR) is 126 cm³/mol. The van der Waals surface area contributed by atoms with Crippen LogP contribution < -0.4 is 11.1 Å². The number of nitrogens with one attached hydrogen (secondary N) is 1. The van der Waals surface area contributed by atoms with E-state index in [-0.39, 0.29) is 11.8 Å². The van der Waals surface area contributed by atoms with Gasteiger partial charge in [-0.05, 0) is 29.2 Å². The third-order valence-corrected chi connectivity index (χ3v) is 5.94. The van der Waals surface area contributed by atoms with Crippen LogP contribution in [0.25, 0.3) is 10.8 Å². The average molecular weight is 439 g/mol. The van der Waals surface area contributed by atoms with Crippen LogP contribution in [-0.4, -0.2) is 59.9 Å². The van der Waals surface area contributed by atoms with E-state index in [0.29, 0.717) is 38.9 Å². The van der Waals surface area contributed by atoms with Gasteiger partial charge in [0.2, 0.25) is 18.2 Å². The van der Waals surface area contributed by atoms with Gasteiger partial charge in [0.05, 0.1) is 0 Å². The zero-order chi connectivity index (χ0) is 23.3. The van der Waals surface area contributed by atoms with Gasteiger partial charge in [-0.25, -0.2) is 0 Å². The summed E-state index contributed by atoms with van der Waals surface area (Å²) in [6.45, 7) is 6.84. The number of benzene rings is 2. The summed E-state index contributed by atoms with van der Waals surface area (Å²) >= 11 is 0. The van der Waals surface area contributed by atoms with Crippen molar-refractivity contribution in [3.8, 4) is 0 Å². The van der Waals surface area contributed by atoms with Crippen LogP contribution in [0.5, 0.6) is 0 Å². The molecule has 1 heterocycles. The Morgan fingerprint density at radius 2 is 1.94 bits per heavy atom. The summed E-state index contributed by atoms with van der Waals surface area (Å²) in [7, 11) is 0. The van der Waals surface area contributed by atoms with Crippen LogP contribution in [0.3, 0.4) is 0 Å². The van der Waals surface area contributed by atoms with E-state index in [1.54, 1.807) is 4.90 Å². The Bertz CT molecular complexity index is 969. The standard InChI is InChI=1S/C25H34N4O3/c1-25(2,3)24(32)28-14-6-9-22(28)29(17-30)21(23(31)27-13-12-26)16-18-10-11-19-7-4-5-8-20(19)15-18/h4-5,7-8,10-11,15,17,21-22H,6,9,12-14,16,26H2,1-3H3,(H,27,31)/t21-,22?/m1/s1. The summed E-state index contributed by atoms with van der Waals surface area (Å²) in [5, 5.41) is 5.03. The van der Waals surface area contributed by atoms with Crippen molar-refractivity contribution >= 4 is 29.0 Å². The highest BCUT2D eigenvalue weighted by Gasteiger charge is 2.41. The Kier molecular flexibility index (Phi) is 7.51. The number of carbonyl (C=O) groups is 3. The van der Waals surface area contributed by atoms with Gasteiger partial charge in [-0.2, -0.15) is 0 Å². The van der Waals surface area contributed by atoms with Crippen molar-refractivity contribution in [3.05, 3.63) is 48.0 Å². The number of amides is 3. The Labute approximate surface area is 189 Å². The molecule has 1 saturated heterocycles. The highest BCUT2D eigenvalue weighted by Crippen LogP contribution is 2.29. The van der Waals surface area contributed by atoms with Gasteiger partial charge in [-0.3, -0.25) is 14.4 Å². The maximum absolute atomic E-state index is 13.1. The summed E-state index contributed by atoms with van der Waals surface area (Å²) in [6.07, 6.45) is 2.08. The van der Waals surface area contributed by atoms with E-state index in [1.807, 2.05) is 63.2 Å². The van der Waals surface area contributed by atoms with Gasteiger partial charge in [-0.1, -0.05) is 63.2 Å². The maximum Gasteiger partial charge on any atom is 0.243 e. The summed E-state index contributed by atoms with van der Waals surface area (Å²) in [5.41, 5.74) is 5.97. The van der Waals surface area contributed by atoms with Crippen LogP contribution in [0.1, 0.15) is 39.2 Å². The molecule has 3 rings (SSSR count). The van der Waals surface area contributed by atoms with Gasteiger partial charge in [0.25, 0.3) is 0 Å². The van der Waals surface area contributed by atoms with Crippen molar-refractivity contribution in [3.63, 3.8) is 0 Å². The first-order valence-electron chi connectivity index (χ1n) is 11.3. The zero-order valence-corrected chi connectivity index (χ0v) is 19.2. The minimum atomic E-state index is -0.737. The molecule has 2 atom stereocenters. The molecule has 3 N–H and O–H groups in total. The summed E-state index contributed by atoms with van der Waals surface area (Å²) in [6, 6.07) is 13.4. The van der Waals surface area contributed by atoms with Gasteiger partial charge in [-0.15, -0.1) is 0 Å². The van der Waals surface area contributed by atoms with Gasteiger partial charge in [0.15, 0.2) is 0 Å². The molecule has 0 saturated carbocycles. The van der Waals surface area contributed by atoms with Crippen molar-refractivity contribution in [2.75, 3.05) is 19.6 Å². The molecule has 0 bridgehead atoms. The molecule has 0 radical (unpaired) electrons. The second-order valence-corrected chi connectivity index (χ2v) is 9.41. The largest absolute Gasteiger partial charge is 0.353 e. The number of carbonyl (C=O) groups excluding carboxylic acids is 3. The van der Waals surface area contributed by atoms with Crippen LogP contribution in [0.15, 0.2) is 42.5 Å². The second-order valence-electron chi connectivity index (χ2n) is 9.41. The van der Waals surface area contributed by atoms with Gasteiger partial charge < -0.3 is 20.9 Å². The molecular formula is C25H34N4O3. The third kappa shape index (κ3) is 5.27. The number of rotatable bonds is 8. The molecule has 32 heavy (non-hydrogen) atoms. The van der Waals surface area contributed by atoms with Crippen molar-refractivity contribution in [1.82, 2.24) is 15.1 Å². The molecule has 1 unspecified atom stereocenters. The molecule has 0 aromatic heterocycles. The molecule has 2 aromatic rings. The Morgan fingerprint density at radius 3 is 2.59 bits per heavy atom. The lowest BCUT2D eigenvalue weighted by Gasteiger charge is -2.39. The SMILES string of the molecule is CC(C)(C)C(=O)N1CCCC1N(C=O)[C@H](Cc1ccc2ccccc2c1)C(=O)NCCN. The summed E-state index contributed by atoms with van der Waals surface area (Å²) in [4.78, 5) is 41.8. The van der Waals surface area contributed by atoms with Gasteiger partial charge in [0, 0.05) is 31.5 Å². The first kappa shape index (κ1) is 23.7. The first-order chi connectivity index (χ1) is 15.3. The lowest BCUT2D eigenvalue weighted by molar-refractivity contribution is -0.150. The zero-order valence-electron chi connectivity index (χ0n) is 19.2. The highest BCUT2D eigenvalue weighted by atomic mass is 16.2. The number of hydrogen-bond donors (Lipinski definition) is 2. The van der Waals surface area contributed by atoms with Crippen LogP contribution in [-0.2, 0) is 20.8 Å². The van der Waals surface area contributed by atoms with E-state index in [2.05, 4.69) is 5.32 Å². The minimum Gasteiger partial charge on any atom is -0.353 e. The molecule has 1 fully saturated rings. The fourth-order valence-corrected chi connectivity index (χ4v) is 4.31. The summed E-state index contributed by atoms with van der Waals surface area (Å²) < 4.78 is 0. The minimum absolute atomic E-state index is 0.0151. The van der Waals surface area contributed by atoms with E-state index < -0.39 is 17.6 Å². The molecule has 1 aliphatic rings. The van der Waals surface area contributed by atoms with E-state index >= 15 is 0 Å². The topological polar surface area (TPSA) is 95.7 Å². The van der Waals surface area contributed by atoms with E-state index in [4.69, 9.17) is 5.73 Å². The van der Waals surface area contributed by atoms with Gasteiger partial charge in [0.1, 0.15) is 12.2 Å². The average Bonchev–Trinajstić information content (AvgIpc) is 3.25. The quantitative estimate of drug-likeness (QED) is 0.618. The van der Waals surface area contributed by atoms with Crippen molar-refractivity contribution in [1.29, 1.82) is 0 Å². The van der Waals surface area contributed by atoms with Crippen LogP contribution in [0.4, 0.5) is 0 Å². The van der Waals surface area contributed by atoms with E-state index in [1.165, 1.54) is 4.90 Å². The highest BCUT2D eigenvalue weighted by molar-refractivity contribution is 5.86. The number of nitrogens with two attached hydrogens (primary N) is 1. The molecule has 0 spiro atoms. The van der Waals surface area contributed by atoms with Crippen LogP contribution in [0.2, 0.25) is 0 Å². The number of fused-ring (bicyclic) bond motifs is 1. The first-order valence-corrected chi connectivity index (χ1v) is 11.3. The Balaban J connectivity index is 1.92. The molecule has 1 aliphatic heterocycles. The Hall–Kier alpha value is -2.93. The van der Waals surface area contributed by atoms with Crippen molar-refractivity contribution in [2.24, 2.45) is 11.1 Å².